The maximum Gasteiger partial charge on any atom is 0.356 e. The van der Waals surface area contributed by atoms with E-state index >= 15 is 0 Å². The highest BCUT2D eigenvalue weighted by molar-refractivity contribution is 8.00. The zero-order chi connectivity index (χ0) is 41.8. The first kappa shape index (κ1) is 41.2. The van der Waals surface area contributed by atoms with E-state index in [0.717, 1.165) is 22.3 Å². The van der Waals surface area contributed by atoms with Gasteiger partial charge >= 0.3 is 18.0 Å². The van der Waals surface area contributed by atoms with Gasteiger partial charge in [0.25, 0.3) is 5.91 Å². The van der Waals surface area contributed by atoms with Gasteiger partial charge in [-0.3, -0.25) is 14.5 Å². The molecule has 0 spiro atoms. The van der Waals surface area contributed by atoms with Crippen LogP contribution in [0.5, 0.6) is 0 Å². The molecule has 0 aromatic heterocycles. The van der Waals surface area contributed by atoms with Gasteiger partial charge in [0.1, 0.15) is 23.2 Å². The highest BCUT2D eigenvalue weighted by Gasteiger charge is 2.54. The standard InChI is InChI=1S/C48H44N4O7S/c1-2-32-31-60-45-40(44(54)52(45)41(32)47(56)59-43(35-23-12-5-13-24-35)36-25-14-6-15-26-36)51-39(53)30-18-29-38(50-48(57)49-37-27-16-7-17-28-37)46(55)58-42(33-19-8-3-9-20-33)34-21-10-4-11-22-34/h2-17,19-28,38,40,42-43,45H,1,18,29-31H2,(H,51,53)(H2,49,50,57)/t38?,40?,45-/m0/s1. The Morgan fingerprint density at radius 2 is 1.20 bits per heavy atom. The number of amides is 4. The number of para-hydroxylation sites is 1. The predicted molar refractivity (Wildman–Crippen MR) is 230 cm³/mol. The number of allylic oxidation sites excluding steroid dienone is 1. The van der Waals surface area contributed by atoms with Crippen LogP contribution in [0.3, 0.4) is 0 Å². The van der Waals surface area contributed by atoms with Crippen molar-refractivity contribution in [3.63, 3.8) is 0 Å². The summed E-state index contributed by atoms with van der Waals surface area (Å²) in [5.74, 6) is -1.84. The molecule has 12 heteroatoms. The van der Waals surface area contributed by atoms with Crippen molar-refractivity contribution in [3.8, 4) is 0 Å². The molecular weight excluding hydrogens is 777 g/mol. The Morgan fingerprint density at radius 3 is 1.70 bits per heavy atom. The van der Waals surface area contributed by atoms with Crippen LogP contribution < -0.4 is 16.0 Å². The second-order valence-corrected chi connectivity index (χ2v) is 15.3. The van der Waals surface area contributed by atoms with Gasteiger partial charge in [-0.25, -0.2) is 14.4 Å². The lowest BCUT2D eigenvalue weighted by Gasteiger charge is -2.49. The maximum absolute atomic E-state index is 14.0. The minimum atomic E-state index is -1.11. The van der Waals surface area contributed by atoms with Crippen LogP contribution in [0.4, 0.5) is 10.5 Å². The molecule has 1 fully saturated rings. The number of rotatable bonds is 16. The van der Waals surface area contributed by atoms with Gasteiger partial charge in [-0.05, 0) is 52.8 Å². The maximum atomic E-state index is 14.0. The second-order valence-electron chi connectivity index (χ2n) is 14.2. The highest BCUT2D eigenvalue weighted by Crippen LogP contribution is 2.42. The van der Waals surface area contributed by atoms with Crippen molar-refractivity contribution < 1.29 is 33.4 Å². The minimum absolute atomic E-state index is 0.0494. The van der Waals surface area contributed by atoms with Gasteiger partial charge in [-0.1, -0.05) is 152 Å². The molecule has 60 heavy (non-hydrogen) atoms. The van der Waals surface area contributed by atoms with Crippen LogP contribution in [0.1, 0.15) is 53.7 Å². The third-order valence-electron chi connectivity index (χ3n) is 10.1. The van der Waals surface area contributed by atoms with Gasteiger partial charge in [-0.2, -0.15) is 0 Å². The molecule has 4 amide bonds. The van der Waals surface area contributed by atoms with Crippen molar-refractivity contribution in [2.45, 2.75) is 48.9 Å². The van der Waals surface area contributed by atoms with Crippen LogP contribution in [0.2, 0.25) is 0 Å². The topological polar surface area (TPSA) is 143 Å². The van der Waals surface area contributed by atoms with Crippen LogP contribution in [0.15, 0.2) is 176 Å². The second kappa shape index (κ2) is 19.7. The van der Waals surface area contributed by atoms with Gasteiger partial charge in [0.2, 0.25) is 5.91 Å². The van der Waals surface area contributed by atoms with Crippen molar-refractivity contribution in [2.24, 2.45) is 0 Å². The molecule has 2 unspecified atom stereocenters. The van der Waals surface area contributed by atoms with Crippen molar-refractivity contribution >= 4 is 47.2 Å². The molecule has 11 nitrogen and oxygen atoms in total. The molecule has 3 atom stereocenters. The lowest BCUT2D eigenvalue weighted by atomic mass is 10.0. The predicted octanol–water partition coefficient (Wildman–Crippen LogP) is 7.85. The third-order valence-corrected chi connectivity index (χ3v) is 11.4. The molecule has 0 radical (unpaired) electrons. The van der Waals surface area contributed by atoms with Gasteiger partial charge in [0, 0.05) is 17.9 Å². The summed E-state index contributed by atoms with van der Waals surface area (Å²) in [6.45, 7) is 3.88. The summed E-state index contributed by atoms with van der Waals surface area (Å²) in [7, 11) is 0. The molecule has 2 heterocycles. The number of β-lactam (4-membered cyclic amide) rings is 1. The molecule has 7 rings (SSSR count). The number of anilines is 1. The van der Waals surface area contributed by atoms with E-state index < -0.39 is 59.4 Å². The molecule has 5 aromatic carbocycles. The van der Waals surface area contributed by atoms with Crippen molar-refractivity contribution in [2.75, 3.05) is 11.1 Å². The summed E-state index contributed by atoms with van der Waals surface area (Å²) in [5, 5.41) is 7.76. The molecule has 1 saturated heterocycles. The number of nitrogens with one attached hydrogen (secondary N) is 3. The van der Waals surface area contributed by atoms with Crippen LogP contribution in [-0.2, 0) is 28.7 Å². The van der Waals surface area contributed by atoms with E-state index in [0.29, 0.717) is 17.0 Å². The highest BCUT2D eigenvalue weighted by atomic mass is 32.2. The van der Waals surface area contributed by atoms with E-state index in [4.69, 9.17) is 9.47 Å². The van der Waals surface area contributed by atoms with Crippen LogP contribution in [0.25, 0.3) is 0 Å². The number of hydrogen-bond acceptors (Lipinski definition) is 8. The van der Waals surface area contributed by atoms with E-state index in [1.54, 1.807) is 30.3 Å². The summed E-state index contributed by atoms with van der Waals surface area (Å²) in [6, 6.07) is 43.5. The van der Waals surface area contributed by atoms with E-state index in [-0.39, 0.29) is 25.0 Å². The quantitative estimate of drug-likeness (QED) is 0.0675. The number of urea groups is 1. The Labute approximate surface area is 352 Å². The van der Waals surface area contributed by atoms with Crippen molar-refractivity contribution in [1.82, 2.24) is 15.5 Å². The van der Waals surface area contributed by atoms with Gasteiger partial charge in [0.05, 0.1) is 0 Å². The van der Waals surface area contributed by atoms with Crippen LogP contribution in [-0.4, -0.2) is 57.9 Å². The molecule has 0 bridgehead atoms. The molecule has 2 aliphatic heterocycles. The number of thioether (sulfide) groups is 1. The molecule has 304 valence electrons. The average Bonchev–Trinajstić information content (AvgIpc) is 3.29. The number of fused-ring (bicyclic) bond motifs is 1. The SMILES string of the molecule is C=CC1=C(C(=O)OC(c2ccccc2)c2ccccc2)N2C(=O)C(NC(=O)CCCC(NC(=O)Nc3ccccc3)C(=O)OC(c3ccccc3)c3ccccc3)[C@@H]2SC1. The van der Waals surface area contributed by atoms with E-state index in [2.05, 4.69) is 22.5 Å². The molecule has 2 aliphatic rings. The fourth-order valence-corrected chi connectivity index (χ4v) is 8.47. The minimum Gasteiger partial charge on any atom is -0.451 e. The summed E-state index contributed by atoms with van der Waals surface area (Å²) in [6.07, 6.45) is 0.285. The largest absolute Gasteiger partial charge is 0.451 e. The Balaban J connectivity index is 1.00. The Kier molecular flexibility index (Phi) is 13.5. The first-order valence-electron chi connectivity index (χ1n) is 19.6. The van der Waals surface area contributed by atoms with E-state index in [1.165, 1.54) is 16.7 Å². The monoisotopic (exact) mass is 820 g/mol. The first-order chi connectivity index (χ1) is 29.3. The lowest BCUT2D eigenvalue weighted by Crippen LogP contribution is -2.70. The molecule has 0 aliphatic carbocycles. The Morgan fingerprint density at radius 1 is 0.717 bits per heavy atom. The fourth-order valence-electron chi connectivity index (χ4n) is 7.13. The number of carbonyl (C=O) groups is 5. The Bertz CT molecular complexity index is 2250. The van der Waals surface area contributed by atoms with Gasteiger partial charge in [0.15, 0.2) is 12.2 Å². The van der Waals surface area contributed by atoms with Gasteiger partial charge < -0.3 is 25.4 Å². The molecule has 5 aromatic rings. The zero-order valence-electron chi connectivity index (χ0n) is 32.6. The smallest absolute Gasteiger partial charge is 0.356 e. The number of ether oxygens (including phenoxy) is 2. The summed E-state index contributed by atoms with van der Waals surface area (Å²) in [4.78, 5) is 69.5. The summed E-state index contributed by atoms with van der Waals surface area (Å²) in [5.41, 5.74) is 4.24. The number of nitrogens with zero attached hydrogens (tertiary/aromatic N) is 1. The number of hydrogen-bond donors (Lipinski definition) is 3. The lowest BCUT2D eigenvalue weighted by molar-refractivity contribution is -0.154. The fraction of sp³-hybridized carbons (Fsp3) is 0.188. The van der Waals surface area contributed by atoms with E-state index in [9.17, 15) is 24.0 Å². The van der Waals surface area contributed by atoms with Crippen molar-refractivity contribution in [3.05, 3.63) is 198 Å². The van der Waals surface area contributed by atoms with Crippen molar-refractivity contribution in [1.29, 1.82) is 0 Å². The number of esters is 2. The summed E-state index contributed by atoms with van der Waals surface area (Å²) >= 11 is 1.41. The first-order valence-corrected chi connectivity index (χ1v) is 20.7. The van der Waals surface area contributed by atoms with Crippen LogP contribution in [0, 0.1) is 0 Å². The third kappa shape index (κ3) is 9.84. The normalized spacial score (nSPS) is 16.2. The Hall–Kier alpha value is -6.92. The summed E-state index contributed by atoms with van der Waals surface area (Å²) < 4.78 is 12.2. The molecule has 3 N–H and O–H groups in total. The average molecular weight is 821 g/mol. The zero-order valence-corrected chi connectivity index (χ0v) is 33.5. The number of carbonyl (C=O) groups excluding carboxylic acids is 5. The van der Waals surface area contributed by atoms with Gasteiger partial charge in [-0.15, -0.1) is 11.8 Å². The van der Waals surface area contributed by atoms with Crippen LogP contribution >= 0.6 is 11.8 Å². The molecule has 0 saturated carbocycles. The van der Waals surface area contributed by atoms with E-state index in [1.807, 2.05) is 127 Å². The number of benzene rings is 5. The molecular formula is C48H44N4O7S.